The van der Waals surface area contributed by atoms with E-state index in [2.05, 4.69) is 10.3 Å². The summed E-state index contributed by atoms with van der Waals surface area (Å²) in [7, 11) is 0. The number of carbonyl (C=O) groups is 2. The van der Waals surface area contributed by atoms with Crippen molar-refractivity contribution in [1.29, 1.82) is 0 Å². The molecule has 0 saturated heterocycles. The minimum atomic E-state index is -1.08. The summed E-state index contributed by atoms with van der Waals surface area (Å²) >= 11 is 0. The largest absolute Gasteiger partial charge is 0.480 e. The molecule has 6 nitrogen and oxygen atoms in total. The van der Waals surface area contributed by atoms with Crippen molar-refractivity contribution in [2.75, 3.05) is 6.54 Å². The van der Waals surface area contributed by atoms with Crippen molar-refractivity contribution in [2.24, 2.45) is 5.73 Å². The third-order valence-electron chi connectivity index (χ3n) is 3.39. The molecule has 0 aliphatic carbocycles. The molecule has 0 aliphatic heterocycles. The van der Waals surface area contributed by atoms with Gasteiger partial charge in [-0.3, -0.25) is 9.59 Å². The molecule has 2 rings (SSSR count). The molecule has 1 heterocycles. The second-order valence-electron chi connectivity index (χ2n) is 4.94. The van der Waals surface area contributed by atoms with Crippen LogP contribution in [0.5, 0.6) is 0 Å². The Morgan fingerprint density at radius 2 is 2.10 bits per heavy atom. The van der Waals surface area contributed by atoms with Crippen LogP contribution in [0.4, 0.5) is 0 Å². The first-order valence-corrected chi connectivity index (χ1v) is 6.88. The molecule has 0 unspecified atom stereocenters. The number of aromatic amines is 1. The second-order valence-corrected chi connectivity index (χ2v) is 4.94. The van der Waals surface area contributed by atoms with Gasteiger partial charge < -0.3 is 21.1 Å². The number of carbonyl (C=O) groups excluding carboxylic acids is 1. The molecular weight excluding hydrogens is 270 g/mol. The molecule has 0 spiro atoms. The van der Waals surface area contributed by atoms with Gasteiger partial charge in [0.05, 0.1) is 0 Å². The summed E-state index contributed by atoms with van der Waals surface area (Å²) in [5.41, 5.74) is 7.57. The Labute approximate surface area is 122 Å². The minimum Gasteiger partial charge on any atom is -0.480 e. The van der Waals surface area contributed by atoms with Gasteiger partial charge in [0.25, 0.3) is 0 Å². The summed E-state index contributed by atoms with van der Waals surface area (Å²) in [4.78, 5) is 25.3. The second kappa shape index (κ2) is 6.90. The van der Waals surface area contributed by atoms with Crippen LogP contribution in [-0.2, 0) is 16.0 Å². The monoisotopic (exact) mass is 289 g/mol. The first-order chi connectivity index (χ1) is 10.1. The Hall–Kier alpha value is -2.34. The SMILES string of the molecule is N[C@H](CCC(=O)NCCc1c[nH]c2ccccc12)C(=O)O. The van der Waals surface area contributed by atoms with Gasteiger partial charge in [0.2, 0.25) is 5.91 Å². The third-order valence-corrected chi connectivity index (χ3v) is 3.39. The van der Waals surface area contributed by atoms with Crippen LogP contribution >= 0.6 is 0 Å². The standard InChI is InChI=1S/C15H19N3O3/c16-12(15(20)21)5-6-14(19)17-8-7-10-9-18-13-4-2-1-3-11(10)13/h1-4,9,12,18H,5-8,16H2,(H,17,19)(H,20,21)/t12-/m1/s1. The molecule has 6 heteroatoms. The van der Waals surface area contributed by atoms with Crippen LogP contribution < -0.4 is 11.1 Å². The van der Waals surface area contributed by atoms with E-state index in [-0.39, 0.29) is 18.7 Å². The molecule has 5 N–H and O–H groups in total. The zero-order valence-electron chi connectivity index (χ0n) is 11.6. The van der Waals surface area contributed by atoms with Crippen molar-refractivity contribution in [3.63, 3.8) is 0 Å². The zero-order valence-corrected chi connectivity index (χ0v) is 11.6. The lowest BCUT2D eigenvalue weighted by molar-refractivity contribution is -0.138. The first-order valence-electron chi connectivity index (χ1n) is 6.88. The maximum absolute atomic E-state index is 11.6. The topological polar surface area (TPSA) is 108 Å². The molecule has 0 fully saturated rings. The number of nitrogens with one attached hydrogen (secondary N) is 2. The highest BCUT2D eigenvalue weighted by atomic mass is 16.4. The summed E-state index contributed by atoms with van der Waals surface area (Å²) in [6.07, 6.45) is 2.94. The van der Waals surface area contributed by atoms with Gasteiger partial charge in [0.15, 0.2) is 0 Å². The number of hydrogen-bond acceptors (Lipinski definition) is 3. The van der Waals surface area contributed by atoms with Crippen LogP contribution in [0.2, 0.25) is 0 Å². The van der Waals surface area contributed by atoms with E-state index in [4.69, 9.17) is 10.8 Å². The van der Waals surface area contributed by atoms with Crippen molar-refractivity contribution < 1.29 is 14.7 Å². The van der Waals surface area contributed by atoms with E-state index in [9.17, 15) is 9.59 Å². The number of aliphatic carboxylic acids is 1. The van der Waals surface area contributed by atoms with Gasteiger partial charge in [-0.2, -0.15) is 0 Å². The van der Waals surface area contributed by atoms with E-state index >= 15 is 0 Å². The fourth-order valence-corrected chi connectivity index (χ4v) is 2.17. The van der Waals surface area contributed by atoms with E-state index in [0.717, 1.165) is 22.9 Å². The number of benzene rings is 1. The third kappa shape index (κ3) is 4.06. The smallest absolute Gasteiger partial charge is 0.320 e. The Morgan fingerprint density at radius 3 is 2.86 bits per heavy atom. The predicted molar refractivity (Wildman–Crippen MR) is 79.9 cm³/mol. The molecule has 1 aromatic carbocycles. The Morgan fingerprint density at radius 1 is 1.33 bits per heavy atom. The van der Waals surface area contributed by atoms with E-state index in [1.807, 2.05) is 30.5 Å². The lowest BCUT2D eigenvalue weighted by Crippen LogP contribution is -2.33. The van der Waals surface area contributed by atoms with E-state index in [1.54, 1.807) is 0 Å². The molecule has 1 aromatic heterocycles. The zero-order chi connectivity index (χ0) is 15.2. The number of fused-ring (bicyclic) bond motifs is 1. The van der Waals surface area contributed by atoms with Crippen molar-refractivity contribution in [1.82, 2.24) is 10.3 Å². The summed E-state index contributed by atoms with van der Waals surface area (Å²) in [5.74, 6) is -1.26. The highest BCUT2D eigenvalue weighted by molar-refractivity contribution is 5.83. The van der Waals surface area contributed by atoms with E-state index in [1.165, 1.54) is 0 Å². The van der Waals surface area contributed by atoms with Crippen LogP contribution in [0.3, 0.4) is 0 Å². The molecule has 21 heavy (non-hydrogen) atoms. The fraction of sp³-hybridized carbons (Fsp3) is 0.333. The molecule has 0 radical (unpaired) electrons. The van der Waals surface area contributed by atoms with Gasteiger partial charge in [0.1, 0.15) is 6.04 Å². The molecule has 1 atom stereocenters. The quantitative estimate of drug-likeness (QED) is 0.610. The number of rotatable bonds is 7. The van der Waals surface area contributed by atoms with Gasteiger partial charge in [-0.15, -0.1) is 0 Å². The number of para-hydroxylation sites is 1. The average molecular weight is 289 g/mol. The number of carboxylic acid groups (broad SMARTS) is 1. The molecule has 112 valence electrons. The highest BCUT2D eigenvalue weighted by Crippen LogP contribution is 2.17. The number of H-pyrrole nitrogens is 1. The average Bonchev–Trinajstić information content (AvgIpc) is 2.88. The lowest BCUT2D eigenvalue weighted by Gasteiger charge is -2.07. The number of aromatic nitrogens is 1. The summed E-state index contributed by atoms with van der Waals surface area (Å²) in [6.45, 7) is 0.517. The summed E-state index contributed by atoms with van der Waals surface area (Å²) in [6, 6.07) is 7.01. The van der Waals surface area contributed by atoms with Crippen molar-refractivity contribution in [2.45, 2.75) is 25.3 Å². The highest BCUT2D eigenvalue weighted by Gasteiger charge is 2.13. The molecule has 1 amide bonds. The van der Waals surface area contributed by atoms with Crippen LogP contribution in [0.15, 0.2) is 30.5 Å². The van der Waals surface area contributed by atoms with Crippen LogP contribution in [0.1, 0.15) is 18.4 Å². The van der Waals surface area contributed by atoms with E-state index < -0.39 is 12.0 Å². The van der Waals surface area contributed by atoms with Gasteiger partial charge in [-0.05, 0) is 24.5 Å². The van der Waals surface area contributed by atoms with Crippen LogP contribution in [0.25, 0.3) is 10.9 Å². The first kappa shape index (κ1) is 15.1. The summed E-state index contributed by atoms with van der Waals surface area (Å²) < 4.78 is 0. The number of hydrogen-bond donors (Lipinski definition) is 4. The molecule has 0 bridgehead atoms. The number of carboxylic acids is 1. The molecule has 0 saturated carbocycles. The van der Waals surface area contributed by atoms with Gasteiger partial charge in [0, 0.05) is 30.1 Å². The predicted octanol–water partition coefficient (Wildman–Crippen LogP) is 1.02. The maximum Gasteiger partial charge on any atom is 0.320 e. The van der Waals surface area contributed by atoms with Crippen LogP contribution in [0, 0.1) is 0 Å². The number of amides is 1. The van der Waals surface area contributed by atoms with Gasteiger partial charge >= 0.3 is 5.97 Å². The minimum absolute atomic E-state index is 0.126. The molecule has 0 aliphatic rings. The van der Waals surface area contributed by atoms with Crippen molar-refractivity contribution >= 4 is 22.8 Å². The van der Waals surface area contributed by atoms with Crippen molar-refractivity contribution in [3.05, 3.63) is 36.0 Å². The normalized spacial score (nSPS) is 12.2. The van der Waals surface area contributed by atoms with Gasteiger partial charge in [-0.25, -0.2) is 0 Å². The van der Waals surface area contributed by atoms with E-state index in [0.29, 0.717) is 6.54 Å². The summed E-state index contributed by atoms with van der Waals surface area (Å²) in [5, 5.41) is 12.6. The maximum atomic E-state index is 11.6. The lowest BCUT2D eigenvalue weighted by atomic mass is 10.1. The van der Waals surface area contributed by atoms with Crippen molar-refractivity contribution in [3.8, 4) is 0 Å². The van der Waals surface area contributed by atoms with Gasteiger partial charge in [-0.1, -0.05) is 18.2 Å². The molecule has 2 aromatic rings. The van der Waals surface area contributed by atoms with Crippen LogP contribution in [-0.4, -0.2) is 34.6 Å². The molecular formula is C15H19N3O3. The fourth-order valence-electron chi connectivity index (χ4n) is 2.17. The Balaban J connectivity index is 1.76. The Kier molecular flexibility index (Phi) is 4.94. The number of nitrogens with two attached hydrogens (primary N) is 1. The Bertz CT molecular complexity index is 636.